The van der Waals surface area contributed by atoms with Gasteiger partial charge in [-0.1, -0.05) is 41.4 Å². The minimum Gasteiger partial charge on any atom is -0.493 e. The number of ether oxygens (including phenoxy) is 2. The first-order valence-corrected chi connectivity index (χ1v) is 14.0. The van der Waals surface area contributed by atoms with Crippen molar-refractivity contribution in [1.82, 2.24) is 4.90 Å². The van der Waals surface area contributed by atoms with Crippen LogP contribution in [0.4, 0.5) is 10.5 Å². The van der Waals surface area contributed by atoms with Gasteiger partial charge in [0, 0.05) is 18.8 Å². The Kier molecular flexibility index (Phi) is 9.21. The Bertz CT molecular complexity index is 1410. The smallest absolute Gasteiger partial charge is 0.349 e. The molecule has 1 aromatic heterocycles. The standard InChI is InChI=1S/C29H31ClN2O7S/c1-16-11-17(2)24(18(3)12-16)31-29(37)32-9-7-19(8-10-32)14-38-21-6-4-5-20(13-21)26-23(30)25(39-15-22(33)34)27(40-26)28(35)36/h4-6,11-13,19H,7-10,14-15H2,1-3H3,(H,31,37)(H,33,34)(H,35,36). The average Bonchev–Trinajstić information content (AvgIpc) is 3.25. The molecule has 1 saturated heterocycles. The molecule has 0 unspecified atom stereocenters. The molecule has 0 saturated carbocycles. The van der Waals surface area contributed by atoms with Crippen LogP contribution in [0.3, 0.4) is 0 Å². The van der Waals surface area contributed by atoms with E-state index in [9.17, 15) is 19.5 Å². The quantitative estimate of drug-likeness (QED) is 0.262. The molecule has 9 nitrogen and oxygen atoms in total. The predicted molar refractivity (Wildman–Crippen MR) is 154 cm³/mol. The maximum absolute atomic E-state index is 12.9. The molecule has 212 valence electrons. The Balaban J connectivity index is 1.35. The maximum atomic E-state index is 12.9. The van der Waals surface area contributed by atoms with E-state index < -0.39 is 18.5 Å². The number of piperidine rings is 1. The van der Waals surface area contributed by atoms with Gasteiger partial charge in [-0.25, -0.2) is 14.4 Å². The van der Waals surface area contributed by atoms with Gasteiger partial charge in [-0.2, -0.15) is 0 Å². The summed E-state index contributed by atoms with van der Waals surface area (Å²) in [5, 5.41) is 21.5. The molecule has 1 aliphatic heterocycles. The van der Waals surface area contributed by atoms with Crippen molar-refractivity contribution in [1.29, 1.82) is 0 Å². The Morgan fingerprint density at radius 3 is 2.35 bits per heavy atom. The molecule has 0 radical (unpaired) electrons. The fraction of sp³-hybridized carbons (Fsp3) is 0.345. The lowest BCUT2D eigenvalue weighted by molar-refractivity contribution is -0.139. The van der Waals surface area contributed by atoms with E-state index in [1.807, 2.05) is 25.7 Å². The van der Waals surface area contributed by atoms with Crippen molar-refractivity contribution < 1.29 is 34.1 Å². The number of thiophene rings is 1. The third-order valence-electron chi connectivity index (χ3n) is 6.74. The SMILES string of the molecule is Cc1cc(C)c(NC(=O)N2CCC(COc3cccc(-c4sc(C(=O)O)c(OCC(=O)O)c4Cl)c3)CC2)c(C)c1. The van der Waals surface area contributed by atoms with Crippen LogP contribution in [0.25, 0.3) is 10.4 Å². The summed E-state index contributed by atoms with van der Waals surface area (Å²) >= 11 is 7.32. The molecule has 2 amide bonds. The van der Waals surface area contributed by atoms with Crippen LogP contribution in [0.15, 0.2) is 36.4 Å². The third-order valence-corrected chi connectivity index (χ3v) is 8.42. The molecule has 1 fully saturated rings. The Morgan fingerprint density at radius 1 is 1.05 bits per heavy atom. The summed E-state index contributed by atoms with van der Waals surface area (Å²) in [6.45, 7) is 7.07. The van der Waals surface area contributed by atoms with Gasteiger partial charge in [0.05, 0.1) is 11.5 Å². The number of nitrogens with one attached hydrogen (secondary N) is 1. The summed E-state index contributed by atoms with van der Waals surface area (Å²) in [6.07, 6.45) is 1.62. The van der Waals surface area contributed by atoms with Crippen LogP contribution in [-0.4, -0.2) is 59.4 Å². The number of carbonyl (C=O) groups is 3. The number of amides is 2. The number of carboxylic acids is 2. The number of anilines is 1. The molecular formula is C29H31ClN2O7S. The van der Waals surface area contributed by atoms with E-state index in [0.29, 0.717) is 35.9 Å². The topological polar surface area (TPSA) is 125 Å². The van der Waals surface area contributed by atoms with E-state index in [2.05, 4.69) is 17.4 Å². The number of benzene rings is 2. The minimum atomic E-state index is -1.25. The number of hydrogen-bond acceptors (Lipinski definition) is 6. The fourth-order valence-electron chi connectivity index (χ4n) is 4.79. The van der Waals surface area contributed by atoms with Gasteiger partial charge < -0.3 is 29.9 Å². The van der Waals surface area contributed by atoms with Crippen molar-refractivity contribution in [3.63, 3.8) is 0 Å². The van der Waals surface area contributed by atoms with Gasteiger partial charge in [0.1, 0.15) is 10.8 Å². The predicted octanol–water partition coefficient (Wildman–Crippen LogP) is 6.48. The van der Waals surface area contributed by atoms with Crippen LogP contribution in [0.1, 0.15) is 39.2 Å². The first kappa shape index (κ1) is 29.2. The van der Waals surface area contributed by atoms with Crippen LogP contribution in [0, 0.1) is 26.7 Å². The van der Waals surface area contributed by atoms with Crippen molar-refractivity contribution >= 4 is 46.6 Å². The van der Waals surface area contributed by atoms with Crippen LogP contribution in [0.5, 0.6) is 11.5 Å². The summed E-state index contributed by atoms with van der Waals surface area (Å²) in [4.78, 5) is 37.6. The lowest BCUT2D eigenvalue weighted by Gasteiger charge is -2.32. The molecular weight excluding hydrogens is 556 g/mol. The summed E-state index contributed by atoms with van der Waals surface area (Å²) in [5.41, 5.74) is 4.75. The summed E-state index contributed by atoms with van der Waals surface area (Å²) in [6, 6.07) is 11.1. The zero-order chi connectivity index (χ0) is 29.0. The molecule has 1 aliphatic rings. The highest BCUT2D eigenvalue weighted by atomic mass is 35.5. The monoisotopic (exact) mass is 586 g/mol. The third kappa shape index (κ3) is 6.86. The Morgan fingerprint density at radius 2 is 1.73 bits per heavy atom. The van der Waals surface area contributed by atoms with E-state index in [1.54, 1.807) is 24.3 Å². The molecule has 40 heavy (non-hydrogen) atoms. The van der Waals surface area contributed by atoms with Gasteiger partial charge >= 0.3 is 18.0 Å². The van der Waals surface area contributed by atoms with Gasteiger partial charge in [0.15, 0.2) is 17.2 Å². The number of urea groups is 1. The zero-order valence-electron chi connectivity index (χ0n) is 22.5. The van der Waals surface area contributed by atoms with Gasteiger partial charge in [-0.05, 0) is 68.4 Å². The lowest BCUT2D eigenvalue weighted by atomic mass is 9.98. The molecule has 2 heterocycles. The molecule has 3 aromatic rings. The minimum absolute atomic E-state index is 0.0440. The highest BCUT2D eigenvalue weighted by molar-refractivity contribution is 7.18. The van der Waals surface area contributed by atoms with Crippen molar-refractivity contribution in [2.45, 2.75) is 33.6 Å². The number of nitrogens with zero attached hydrogens (tertiary/aromatic N) is 1. The van der Waals surface area contributed by atoms with Gasteiger partial charge in [-0.15, -0.1) is 11.3 Å². The molecule has 3 N–H and O–H groups in total. The zero-order valence-corrected chi connectivity index (χ0v) is 24.0. The Hall–Kier alpha value is -3.76. The largest absolute Gasteiger partial charge is 0.493 e. The van der Waals surface area contributed by atoms with Crippen LogP contribution in [0.2, 0.25) is 5.02 Å². The lowest BCUT2D eigenvalue weighted by Crippen LogP contribution is -2.42. The number of aromatic carboxylic acids is 1. The number of rotatable bonds is 9. The molecule has 11 heteroatoms. The number of likely N-dealkylation sites (tertiary alicyclic amines) is 1. The molecule has 0 atom stereocenters. The summed E-state index contributed by atoms with van der Waals surface area (Å²) < 4.78 is 11.2. The number of hydrogen-bond donors (Lipinski definition) is 3. The molecule has 0 aliphatic carbocycles. The second-order valence-electron chi connectivity index (χ2n) is 9.86. The van der Waals surface area contributed by atoms with Gasteiger partial charge in [0.2, 0.25) is 0 Å². The summed E-state index contributed by atoms with van der Waals surface area (Å²) in [5.74, 6) is -1.78. The van der Waals surface area contributed by atoms with Crippen LogP contribution >= 0.6 is 22.9 Å². The second-order valence-corrected chi connectivity index (χ2v) is 11.3. The van der Waals surface area contributed by atoms with Crippen molar-refractivity contribution in [2.24, 2.45) is 5.92 Å². The number of aliphatic carboxylic acids is 1. The number of halogens is 1. The first-order valence-electron chi connectivity index (χ1n) is 12.8. The van der Waals surface area contributed by atoms with E-state index in [4.69, 9.17) is 26.2 Å². The molecule has 4 rings (SSSR count). The van der Waals surface area contributed by atoms with Gasteiger partial charge in [0.25, 0.3) is 0 Å². The highest BCUT2D eigenvalue weighted by Gasteiger charge is 2.26. The van der Waals surface area contributed by atoms with E-state index >= 15 is 0 Å². The second kappa shape index (κ2) is 12.6. The maximum Gasteiger partial charge on any atom is 0.349 e. The number of carbonyl (C=O) groups excluding carboxylic acids is 1. The van der Waals surface area contributed by atoms with Crippen molar-refractivity contribution in [2.75, 3.05) is 31.6 Å². The van der Waals surface area contributed by atoms with Crippen molar-refractivity contribution in [3.05, 3.63) is 63.0 Å². The summed E-state index contributed by atoms with van der Waals surface area (Å²) in [7, 11) is 0. The Labute approximate surface area is 241 Å². The fourth-order valence-corrected chi connectivity index (χ4v) is 6.19. The van der Waals surface area contributed by atoms with E-state index in [1.165, 1.54) is 0 Å². The molecule has 0 bridgehead atoms. The number of carboxylic acid groups (broad SMARTS) is 2. The number of aryl methyl sites for hydroxylation is 3. The van der Waals surface area contributed by atoms with Crippen molar-refractivity contribution in [3.8, 4) is 21.9 Å². The van der Waals surface area contributed by atoms with Crippen LogP contribution in [-0.2, 0) is 4.79 Å². The average molecular weight is 587 g/mol. The van der Waals surface area contributed by atoms with E-state index in [0.717, 1.165) is 46.6 Å². The molecule has 0 spiro atoms. The van der Waals surface area contributed by atoms with Gasteiger partial charge in [-0.3, -0.25) is 0 Å². The van der Waals surface area contributed by atoms with E-state index in [-0.39, 0.29) is 27.6 Å². The highest BCUT2D eigenvalue weighted by Crippen LogP contribution is 2.46. The normalized spacial score (nSPS) is 13.7. The molecule has 2 aromatic carbocycles. The first-order chi connectivity index (χ1) is 19.0. The van der Waals surface area contributed by atoms with Crippen LogP contribution < -0.4 is 14.8 Å².